The van der Waals surface area contributed by atoms with Crippen LogP contribution in [0.2, 0.25) is 0 Å². The quantitative estimate of drug-likeness (QED) is 0.843. The van der Waals surface area contributed by atoms with E-state index in [-0.39, 0.29) is 0 Å². The second-order valence-electron chi connectivity index (χ2n) is 5.29. The van der Waals surface area contributed by atoms with Crippen LogP contribution in [0.1, 0.15) is 29.9 Å². The standard InChI is InChI=1S/C16H17FN2/c1-11-3-2-4-12(7-11)13-8-15(9-13)19-14-5-6-16(17)18-10-14/h2-7,10,13,15,19H,8-9H2,1H3. The van der Waals surface area contributed by atoms with Gasteiger partial charge >= 0.3 is 0 Å². The predicted molar refractivity (Wildman–Crippen MR) is 74.8 cm³/mol. The minimum Gasteiger partial charge on any atom is -0.381 e. The molecule has 1 saturated carbocycles. The first-order valence-electron chi connectivity index (χ1n) is 6.65. The zero-order chi connectivity index (χ0) is 13.2. The summed E-state index contributed by atoms with van der Waals surface area (Å²) in [6.45, 7) is 2.13. The lowest BCUT2D eigenvalue weighted by atomic mass is 9.75. The number of pyridine rings is 1. The third-order valence-corrected chi connectivity index (χ3v) is 3.75. The van der Waals surface area contributed by atoms with Gasteiger partial charge in [0.1, 0.15) is 0 Å². The first-order chi connectivity index (χ1) is 9.20. The monoisotopic (exact) mass is 256 g/mol. The summed E-state index contributed by atoms with van der Waals surface area (Å²) in [5.74, 6) is 0.211. The SMILES string of the molecule is Cc1cccc(C2CC(Nc3ccc(F)nc3)C2)c1. The fourth-order valence-electron chi connectivity index (χ4n) is 2.63. The van der Waals surface area contributed by atoms with E-state index in [9.17, 15) is 4.39 Å². The number of hydrogen-bond donors (Lipinski definition) is 1. The molecule has 1 heterocycles. The fourth-order valence-corrected chi connectivity index (χ4v) is 2.63. The minimum absolute atomic E-state index is 0.434. The maximum atomic E-state index is 12.7. The van der Waals surface area contributed by atoms with Gasteiger partial charge in [-0.15, -0.1) is 0 Å². The van der Waals surface area contributed by atoms with Crippen molar-refractivity contribution in [2.45, 2.75) is 31.7 Å². The van der Waals surface area contributed by atoms with E-state index in [1.165, 1.54) is 17.2 Å². The zero-order valence-corrected chi connectivity index (χ0v) is 10.9. The average molecular weight is 256 g/mol. The first-order valence-corrected chi connectivity index (χ1v) is 6.65. The van der Waals surface area contributed by atoms with Crippen LogP contribution < -0.4 is 5.32 Å². The summed E-state index contributed by atoms with van der Waals surface area (Å²) in [6, 6.07) is 12.3. The Hall–Kier alpha value is -1.90. The van der Waals surface area contributed by atoms with Gasteiger partial charge in [0.05, 0.1) is 11.9 Å². The summed E-state index contributed by atoms with van der Waals surface area (Å²) in [7, 11) is 0. The molecule has 0 bridgehead atoms. The zero-order valence-electron chi connectivity index (χ0n) is 10.9. The first kappa shape index (κ1) is 12.2. The van der Waals surface area contributed by atoms with Crippen LogP contribution in [0, 0.1) is 12.9 Å². The Kier molecular flexibility index (Phi) is 3.20. The number of nitrogens with one attached hydrogen (secondary N) is 1. The molecule has 0 amide bonds. The van der Waals surface area contributed by atoms with Gasteiger partial charge in [0, 0.05) is 6.04 Å². The molecule has 0 saturated heterocycles. The highest BCUT2D eigenvalue weighted by Gasteiger charge is 2.30. The molecule has 0 aliphatic heterocycles. The van der Waals surface area contributed by atoms with Crippen molar-refractivity contribution in [1.82, 2.24) is 4.98 Å². The van der Waals surface area contributed by atoms with Crippen LogP contribution in [0.15, 0.2) is 42.6 Å². The lowest BCUT2D eigenvalue weighted by Crippen LogP contribution is -2.34. The van der Waals surface area contributed by atoms with Gasteiger partial charge in [-0.1, -0.05) is 29.8 Å². The van der Waals surface area contributed by atoms with E-state index in [0.717, 1.165) is 18.5 Å². The molecule has 3 heteroatoms. The molecular weight excluding hydrogens is 239 g/mol. The van der Waals surface area contributed by atoms with E-state index in [1.54, 1.807) is 12.3 Å². The Balaban J connectivity index is 1.57. The van der Waals surface area contributed by atoms with Crippen molar-refractivity contribution in [2.24, 2.45) is 0 Å². The molecule has 2 aromatic rings. The number of rotatable bonds is 3. The predicted octanol–water partition coefficient (Wildman–Crippen LogP) is 3.89. The largest absolute Gasteiger partial charge is 0.381 e. The van der Waals surface area contributed by atoms with Gasteiger partial charge in [-0.25, -0.2) is 4.98 Å². The fraction of sp³-hybridized carbons (Fsp3) is 0.312. The van der Waals surface area contributed by atoms with Crippen molar-refractivity contribution in [3.63, 3.8) is 0 Å². The van der Waals surface area contributed by atoms with E-state index in [1.807, 2.05) is 0 Å². The summed E-state index contributed by atoms with van der Waals surface area (Å²) in [4.78, 5) is 3.65. The summed E-state index contributed by atoms with van der Waals surface area (Å²) in [5.41, 5.74) is 3.64. The molecule has 1 aromatic carbocycles. The highest BCUT2D eigenvalue weighted by molar-refractivity contribution is 5.42. The van der Waals surface area contributed by atoms with Crippen molar-refractivity contribution >= 4 is 5.69 Å². The van der Waals surface area contributed by atoms with Crippen LogP contribution in [0.4, 0.5) is 10.1 Å². The van der Waals surface area contributed by atoms with Crippen LogP contribution >= 0.6 is 0 Å². The highest BCUT2D eigenvalue weighted by atomic mass is 19.1. The Morgan fingerprint density at radius 1 is 1.21 bits per heavy atom. The number of benzene rings is 1. The maximum Gasteiger partial charge on any atom is 0.212 e. The van der Waals surface area contributed by atoms with Gasteiger partial charge in [0.2, 0.25) is 5.95 Å². The van der Waals surface area contributed by atoms with Crippen molar-refractivity contribution in [1.29, 1.82) is 0 Å². The molecule has 0 unspecified atom stereocenters. The summed E-state index contributed by atoms with van der Waals surface area (Å²) in [5, 5.41) is 3.39. The third-order valence-electron chi connectivity index (χ3n) is 3.75. The van der Waals surface area contributed by atoms with E-state index < -0.39 is 5.95 Å². The molecule has 0 radical (unpaired) electrons. The van der Waals surface area contributed by atoms with E-state index in [2.05, 4.69) is 41.5 Å². The normalized spacial score (nSPS) is 21.8. The molecule has 1 aromatic heterocycles. The topological polar surface area (TPSA) is 24.9 Å². The van der Waals surface area contributed by atoms with Crippen molar-refractivity contribution in [3.8, 4) is 0 Å². The van der Waals surface area contributed by atoms with Gasteiger partial charge < -0.3 is 5.32 Å². The molecule has 2 nitrogen and oxygen atoms in total. The summed E-state index contributed by atoms with van der Waals surface area (Å²) < 4.78 is 12.7. The van der Waals surface area contributed by atoms with Gasteiger partial charge in [0.25, 0.3) is 0 Å². The van der Waals surface area contributed by atoms with Crippen molar-refractivity contribution in [2.75, 3.05) is 5.32 Å². The smallest absolute Gasteiger partial charge is 0.212 e. The highest BCUT2D eigenvalue weighted by Crippen LogP contribution is 2.38. The number of nitrogens with zero attached hydrogens (tertiary/aromatic N) is 1. The van der Waals surface area contributed by atoms with E-state index >= 15 is 0 Å². The Labute approximate surface area is 112 Å². The molecule has 1 aliphatic carbocycles. The van der Waals surface area contributed by atoms with Gasteiger partial charge in [-0.05, 0) is 43.4 Å². The van der Waals surface area contributed by atoms with Crippen molar-refractivity contribution in [3.05, 3.63) is 59.7 Å². The number of aromatic nitrogens is 1. The lowest BCUT2D eigenvalue weighted by molar-refractivity contribution is 0.374. The Morgan fingerprint density at radius 2 is 2.05 bits per heavy atom. The van der Waals surface area contributed by atoms with Gasteiger partial charge in [-0.3, -0.25) is 0 Å². The number of anilines is 1. The Bertz CT molecular complexity index is 559. The minimum atomic E-state index is -0.434. The van der Waals surface area contributed by atoms with Crippen LogP contribution in [0.5, 0.6) is 0 Å². The molecule has 98 valence electrons. The lowest BCUT2D eigenvalue weighted by Gasteiger charge is -2.37. The molecule has 0 spiro atoms. The molecule has 1 fully saturated rings. The molecule has 1 aliphatic rings. The van der Waals surface area contributed by atoms with E-state index in [4.69, 9.17) is 0 Å². The van der Waals surface area contributed by atoms with Gasteiger partial charge in [0.15, 0.2) is 0 Å². The molecule has 19 heavy (non-hydrogen) atoms. The molecule has 0 atom stereocenters. The van der Waals surface area contributed by atoms with E-state index in [0.29, 0.717) is 12.0 Å². The third kappa shape index (κ3) is 2.75. The number of aryl methyl sites for hydroxylation is 1. The maximum absolute atomic E-state index is 12.7. The van der Waals surface area contributed by atoms with Crippen LogP contribution in [0.25, 0.3) is 0 Å². The molecule has 1 N–H and O–H groups in total. The van der Waals surface area contributed by atoms with Crippen LogP contribution in [0.3, 0.4) is 0 Å². The molecular formula is C16H17FN2. The van der Waals surface area contributed by atoms with Crippen molar-refractivity contribution < 1.29 is 4.39 Å². The second-order valence-corrected chi connectivity index (χ2v) is 5.29. The number of hydrogen-bond acceptors (Lipinski definition) is 2. The summed E-state index contributed by atoms with van der Waals surface area (Å²) in [6.07, 6.45) is 3.80. The van der Waals surface area contributed by atoms with Crippen LogP contribution in [-0.4, -0.2) is 11.0 Å². The summed E-state index contributed by atoms with van der Waals surface area (Å²) >= 11 is 0. The molecule has 3 rings (SSSR count). The van der Waals surface area contributed by atoms with Crippen LogP contribution in [-0.2, 0) is 0 Å². The average Bonchev–Trinajstić information content (AvgIpc) is 2.35. The van der Waals surface area contributed by atoms with Gasteiger partial charge in [-0.2, -0.15) is 4.39 Å². The second kappa shape index (κ2) is 5.00. The Morgan fingerprint density at radius 3 is 2.74 bits per heavy atom. The number of halogens is 1.